The number of amides is 1. The van der Waals surface area contributed by atoms with Crippen LogP contribution in [-0.4, -0.2) is 37.0 Å². The molecule has 0 radical (unpaired) electrons. The summed E-state index contributed by atoms with van der Waals surface area (Å²) in [5, 5.41) is 0. The van der Waals surface area contributed by atoms with E-state index in [0.29, 0.717) is 0 Å². The number of hydrogen-bond donors (Lipinski definition) is 0. The van der Waals surface area contributed by atoms with Crippen molar-refractivity contribution < 1.29 is 4.79 Å². The first-order valence-electron chi connectivity index (χ1n) is 7.50. The summed E-state index contributed by atoms with van der Waals surface area (Å²) in [5.74, 6) is 0.122. The van der Waals surface area contributed by atoms with Crippen LogP contribution in [0.2, 0.25) is 0 Å². The fourth-order valence-electron chi connectivity index (χ4n) is 2.77. The van der Waals surface area contributed by atoms with E-state index in [2.05, 4.69) is 52.0 Å². The first-order valence-corrected chi connectivity index (χ1v) is 8.29. The van der Waals surface area contributed by atoms with E-state index in [1.807, 2.05) is 29.2 Å². The van der Waals surface area contributed by atoms with Gasteiger partial charge in [0.05, 0.1) is 0 Å². The highest BCUT2D eigenvalue weighted by atomic mass is 79.9. The molecule has 22 heavy (non-hydrogen) atoms. The SMILES string of the molecule is Cc1cccc(N2CCN(C(=O)c3ccc(Br)cc3)CC2)c1. The zero-order valence-electron chi connectivity index (χ0n) is 12.6. The Morgan fingerprint density at radius 1 is 1.00 bits per heavy atom. The third-order valence-electron chi connectivity index (χ3n) is 4.02. The van der Waals surface area contributed by atoms with E-state index in [1.54, 1.807) is 0 Å². The summed E-state index contributed by atoms with van der Waals surface area (Å²) in [5.41, 5.74) is 3.27. The van der Waals surface area contributed by atoms with Gasteiger partial charge in [-0.15, -0.1) is 0 Å². The van der Waals surface area contributed by atoms with Crippen LogP contribution >= 0.6 is 15.9 Å². The van der Waals surface area contributed by atoms with Gasteiger partial charge in [-0.3, -0.25) is 4.79 Å². The van der Waals surface area contributed by atoms with Crippen LogP contribution in [0.3, 0.4) is 0 Å². The van der Waals surface area contributed by atoms with E-state index >= 15 is 0 Å². The summed E-state index contributed by atoms with van der Waals surface area (Å²) in [6.45, 7) is 5.40. The predicted molar refractivity (Wildman–Crippen MR) is 93.4 cm³/mol. The van der Waals surface area contributed by atoms with Gasteiger partial charge in [0, 0.05) is 41.9 Å². The molecule has 0 aliphatic carbocycles. The average Bonchev–Trinajstić information content (AvgIpc) is 2.55. The molecule has 3 nitrogen and oxygen atoms in total. The molecule has 1 amide bonds. The maximum Gasteiger partial charge on any atom is 0.253 e. The Hall–Kier alpha value is -1.81. The molecule has 0 saturated carbocycles. The summed E-state index contributed by atoms with van der Waals surface area (Å²) in [4.78, 5) is 16.8. The number of carbonyl (C=O) groups excluding carboxylic acids is 1. The molecule has 1 heterocycles. The van der Waals surface area contributed by atoms with E-state index in [0.717, 1.165) is 36.2 Å². The molecule has 114 valence electrons. The number of piperazine rings is 1. The minimum Gasteiger partial charge on any atom is -0.368 e. The van der Waals surface area contributed by atoms with Gasteiger partial charge < -0.3 is 9.80 Å². The third-order valence-corrected chi connectivity index (χ3v) is 4.55. The lowest BCUT2D eigenvalue weighted by Crippen LogP contribution is -2.48. The van der Waals surface area contributed by atoms with Crippen LogP contribution in [0.15, 0.2) is 53.0 Å². The Morgan fingerprint density at radius 2 is 1.68 bits per heavy atom. The molecule has 0 unspecified atom stereocenters. The Kier molecular flexibility index (Phi) is 4.48. The van der Waals surface area contributed by atoms with Gasteiger partial charge in [-0.1, -0.05) is 28.1 Å². The average molecular weight is 359 g/mol. The van der Waals surface area contributed by atoms with Crippen LogP contribution in [0.25, 0.3) is 0 Å². The molecule has 2 aromatic carbocycles. The lowest BCUT2D eigenvalue weighted by Gasteiger charge is -2.36. The van der Waals surface area contributed by atoms with Crippen LogP contribution in [-0.2, 0) is 0 Å². The molecule has 1 fully saturated rings. The van der Waals surface area contributed by atoms with Crippen LogP contribution < -0.4 is 4.90 Å². The van der Waals surface area contributed by atoms with Gasteiger partial charge in [-0.2, -0.15) is 0 Å². The lowest BCUT2D eigenvalue weighted by molar-refractivity contribution is 0.0747. The van der Waals surface area contributed by atoms with Gasteiger partial charge in [0.25, 0.3) is 5.91 Å². The summed E-state index contributed by atoms with van der Waals surface area (Å²) in [6, 6.07) is 16.1. The Morgan fingerprint density at radius 3 is 2.32 bits per heavy atom. The van der Waals surface area contributed by atoms with Crippen molar-refractivity contribution >= 4 is 27.5 Å². The molecule has 0 spiro atoms. The monoisotopic (exact) mass is 358 g/mol. The Bertz CT molecular complexity index is 661. The molecular weight excluding hydrogens is 340 g/mol. The van der Waals surface area contributed by atoms with Crippen LogP contribution in [0.4, 0.5) is 5.69 Å². The van der Waals surface area contributed by atoms with Gasteiger partial charge in [-0.05, 0) is 48.9 Å². The molecule has 0 aromatic heterocycles. The molecule has 1 saturated heterocycles. The highest BCUT2D eigenvalue weighted by Gasteiger charge is 2.22. The molecule has 1 aliphatic rings. The van der Waals surface area contributed by atoms with Crippen molar-refractivity contribution in [1.29, 1.82) is 0 Å². The quantitative estimate of drug-likeness (QED) is 0.816. The highest BCUT2D eigenvalue weighted by molar-refractivity contribution is 9.10. The molecule has 0 bridgehead atoms. The van der Waals surface area contributed by atoms with Gasteiger partial charge in [0.2, 0.25) is 0 Å². The molecule has 0 atom stereocenters. The predicted octanol–water partition coefficient (Wildman–Crippen LogP) is 3.72. The molecule has 2 aromatic rings. The van der Waals surface area contributed by atoms with Gasteiger partial charge >= 0.3 is 0 Å². The normalized spacial score (nSPS) is 15.0. The van der Waals surface area contributed by atoms with Gasteiger partial charge in [-0.25, -0.2) is 0 Å². The minimum absolute atomic E-state index is 0.122. The number of halogens is 1. The van der Waals surface area contributed by atoms with Crippen molar-refractivity contribution in [2.24, 2.45) is 0 Å². The van der Waals surface area contributed by atoms with Crippen molar-refractivity contribution in [2.75, 3.05) is 31.1 Å². The maximum absolute atomic E-state index is 12.5. The minimum atomic E-state index is 0.122. The largest absolute Gasteiger partial charge is 0.368 e. The second-order valence-electron chi connectivity index (χ2n) is 5.63. The van der Waals surface area contributed by atoms with E-state index in [1.165, 1.54) is 11.3 Å². The standard InChI is InChI=1S/C18H19BrN2O/c1-14-3-2-4-17(13-14)20-9-11-21(12-10-20)18(22)15-5-7-16(19)8-6-15/h2-8,13H,9-12H2,1H3. The Balaban J connectivity index is 1.64. The van der Waals surface area contributed by atoms with Crippen LogP contribution in [0.5, 0.6) is 0 Å². The first kappa shape index (κ1) is 15.1. The van der Waals surface area contributed by atoms with E-state index < -0.39 is 0 Å². The summed E-state index contributed by atoms with van der Waals surface area (Å²) in [6.07, 6.45) is 0. The van der Waals surface area contributed by atoms with Gasteiger partial charge in [0.1, 0.15) is 0 Å². The van der Waals surface area contributed by atoms with Crippen molar-refractivity contribution in [3.05, 3.63) is 64.1 Å². The van der Waals surface area contributed by atoms with E-state index in [-0.39, 0.29) is 5.91 Å². The van der Waals surface area contributed by atoms with Crippen LogP contribution in [0.1, 0.15) is 15.9 Å². The topological polar surface area (TPSA) is 23.6 Å². The number of hydrogen-bond acceptors (Lipinski definition) is 2. The van der Waals surface area contributed by atoms with Crippen molar-refractivity contribution in [3.63, 3.8) is 0 Å². The van der Waals surface area contributed by atoms with Gasteiger partial charge in [0.15, 0.2) is 0 Å². The molecule has 0 N–H and O–H groups in total. The molecular formula is C18H19BrN2O. The van der Waals surface area contributed by atoms with E-state index in [9.17, 15) is 4.79 Å². The van der Waals surface area contributed by atoms with Crippen LogP contribution in [0, 0.1) is 6.92 Å². The van der Waals surface area contributed by atoms with Crippen molar-refractivity contribution in [3.8, 4) is 0 Å². The number of anilines is 1. The lowest BCUT2D eigenvalue weighted by atomic mass is 10.1. The number of benzene rings is 2. The fourth-order valence-corrected chi connectivity index (χ4v) is 3.03. The molecule has 3 rings (SSSR count). The fraction of sp³-hybridized carbons (Fsp3) is 0.278. The first-order chi connectivity index (χ1) is 10.6. The zero-order chi connectivity index (χ0) is 15.5. The summed E-state index contributed by atoms with van der Waals surface area (Å²) >= 11 is 3.40. The second-order valence-corrected chi connectivity index (χ2v) is 6.54. The third kappa shape index (κ3) is 3.33. The Labute approximate surface area is 139 Å². The van der Waals surface area contributed by atoms with E-state index in [4.69, 9.17) is 0 Å². The number of aryl methyl sites for hydroxylation is 1. The molecule has 1 aliphatic heterocycles. The van der Waals surface area contributed by atoms with Crippen molar-refractivity contribution in [1.82, 2.24) is 4.90 Å². The zero-order valence-corrected chi connectivity index (χ0v) is 14.2. The number of carbonyl (C=O) groups is 1. The molecule has 4 heteroatoms. The summed E-state index contributed by atoms with van der Waals surface area (Å²) in [7, 11) is 0. The van der Waals surface area contributed by atoms with Crippen molar-refractivity contribution in [2.45, 2.75) is 6.92 Å². The smallest absolute Gasteiger partial charge is 0.253 e. The number of rotatable bonds is 2. The highest BCUT2D eigenvalue weighted by Crippen LogP contribution is 2.19. The maximum atomic E-state index is 12.5. The summed E-state index contributed by atoms with van der Waals surface area (Å²) < 4.78 is 0.994. The second kappa shape index (κ2) is 6.53. The number of nitrogens with zero attached hydrogens (tertiary/aromatic N) is 2.